The second kappa shape index (κ2) is 6.63. The van der Waals surface area contributed by atoms with Crippen molar-refractivity contribution < 1.29 is 0 Å². The maximum absolute atomic E-state index is 6.16. The fourth-order valence-electron chi connectivity index (χ4n) is 1.70. The molecule has 0 fully saturated rings. The van der Waals surface area contributed by atoms with Crippen molar-refractivity contribution in [2.75, 3.05) is 0 Å². The van der Waals surface area contributed by atoms with Crippen molar-refractivity contribution in [1.29, 1.82) is 0 Å². The Morgan fingerprint density at radius 3 is 2.56 bits per heavy atom. The van der Waals surface area contributed by atoms with Gasteiger partial charge in [0.2, 0.25) is 0 Å². The molecule has 1 unspecified atom stereocenters. The topological polar surface area (TPSA) is 26.0 Å². The molecule has 1 aromatic carbocycles. The van der Waals surface area contributed by atoms with Crippen LogP contribution in [0.2, 0.25) is 5.02 Å². The molecule has 0 saturated heterocycles. The van der Waals surface area contributed by atoms with Gasteiger partial charge >= 0.3 is 0 Å². The molecular weight excluding hydrogens is 286 g/mol. The van der Waals surface area contributed by atoms with Crippen LogP contribution in [0.3, 0.4) is 0 Å². The van der Waals surface area contributed by atoms with Gasteiger partial charge in [-0.05, 0) is 30.0 Å². The molecule has 0 heterocycles. The van der Waals surface area contributed by atoms with Gasteiger partial charge in [0.05, 0.1) is 0 Å². The summed E-state index contributed by atoms with van der Waals surface area (Å²) in [7, 11) is 0. The molecule has 3 heteroatoms. The summed E-state index contributed by atoms with van der Waals surface area (Å²) >= 11 is 9.55. The highest BCUT2D eigenvalue weighted by molar-refractivity contribution is 9.10. The lowest BCUT2D eigenvalue weighted by Crippen LogP contribution is -2.11. The first-order valence-corrected chi connectivity index (χ1v) is 6.88. The fourth-order valence-corrected chi connectivity index (χ4v) is 2.52. The number of nitrogens with two attached hydrogens (primary N) is 1. The highest BCUT2D eigenvalue weighted by Gasteiger charge is 2.10. The van der Waals surface area contributed by atoms with E-state index >= 15 is 0 Å². The van der Waals surface area contributed by atoms with E-state index < -0.39 is 0 Å². The van der Waals surface area contributed by atoms with Crippen molar-refractivity contribution in [3.8, 4) is 0 Å². The van der Waals surface area contributed by atoms with Crippen molar-refractivity contribution in [2.24, 2.45) is 11.7 Å². The van der Waals surface area contributed by atoms with Crippen LogP contribution in [0.25, 0.3) is 0 Å². The Kier molecular flexibility index (Phi) is 5.81. The van der Waals surface area contributed by atoms with Gasteiger partial charge in [0, 0.05) is 15.5 Å². The van der Waals surface area contributed by atoms with E-state index in [9.17, 15) is 0 Å². The van der Waals surface area contributed by atoms with Crippen LogP contribution in [0.5, 0.6) is 0 Å². The molecule has 1 atom stereocenters. The summed E-state index contributed by atoms with van der Waals surface area (Å²) in [6.07, 6.45) is 3.38. The van der Waals surface area contributed by atoms with Crippen LogP contribution >= 0.6 is 27.5 Å². The minimum Gasteiger partial charge on any atom is -0.324 e. The van der Waals surface area contributed by atoms with Gasteiger partial charge in [-0.1, -0.05) is 60.3 Å². The summed E-state index contributed by atoms with van der Waals surface area (Å²) in [6.45, 7) is 4.47. The van der Waals surface area contributed by atoms with Crippen molar-refractivity contribution in [1.82, 2.24) is 0 Å². The van der Waals surface area contributed by atoms with Crippen LogP contribution in [0.1, 0.15) is 44.7 Å². The average molecular weight is 305 g/mol. The molecule has 0 aliphatic heterocycles. The van der Waals surface area contributed by atoms with Gasteiger partial charge in [0.15, 0.2) is 0 Å². The fraction of sp³-hybridized carbons (Fsp3) is 0.538. The highest BCUT2D eigenvalue weighted by atomic mass is 79.9. The summed E-state index contributed by atoms with van der Waals surface area (Å²) in [6, 6.07) is 5.95. The summed E-state index contributed by atoms with van der Waals surface area (Å²) < 4.78 is 0.996. The SMILES string of the molecule is CC(C)CCCC(N)c1ccc(Br)cc1Cl. The van der Waals surface area contributed by atoms with E-state index in [1.807, 2.05) is 18.2 Å². The van der Waals surface area contributed by atoms with Crippen molar-refractivity contribution in [2.45, 2.75) is 39.2 Å². The van der Waals surface area contributed by atoms with E-state index in [2.05, 4.69) is 29.8 Å². The minimum atomic E-state index is 0.0550. The normalized spacial score (nSPS) is 13.1. The van der Waals surface area contributed by atoms with Crippen LogP contribution < -0.4 is 5.73 Å². The summed E-state index contributed by atoms with van der Waals surface area (Å²) in [5, 5.41) is 0.756. The Labute approximate surface area is 111 Å². The predicted molar refractivity (Wildman–Crippen MR) is 74.8 cm³/mol. The Morgan fingerprint density at radius 1 is 1.31 bits per heavy atom. The van der Waals surface area contributed by atoms with E-state index in [1.54, 1.807) is 0 Å². The van der Waals surface area contributed by atoms with E-state index in [1.165, 1.54) is 6.42 Å². The molecule has 0 amide bonds. The van der Waals surface area contributed by atoms with Gasteiger partial charge in [-0.15, -0.1) is 0 Å². The monoisotopic (exact) mass is 303 g/mol. The summed E-state index contributed by atoms with van der Waals surface area (Å²) in [5.41, 5.74) is 7.18. The maximum Gasteiger partial charge on any atom is 0.0464 e. The molecule has 0 radical (unpaired) electrons. The van der Waals surface area contributed by atoms with Gasteiger partial charge in [-0.2, -0.15) is 0 Å². The first kappa shape index (κ1) is 14.0. The molecule has 0 aromatic heterocycles. The highest BCUT2D eigenvalue weighted by Crippen LogP contribution is 2.28. The molecule has 1 rings (SSSR count). The Bertz CT molecular complexity index is 339. The molecular formula is C13H19BrClN. The van der Waals surface area contributed by atoms with Crippen LogP contribution in [-0.2, 0) is 0 Å². The Balaban J connectivity index is 2.55. The van der Waals surface area contributed by atoms with Gasteiger partial charge in [0.1, 0.15) is 0 Å². The van der Waals surface area contributed by atoms with Gasteiger partial charge in [-0.25, -0.2) is 0 Å². The molecule has 1 aromatic rings. The second-order valence-corrected chi connectivity index (χ2v) is 5.92. The molecule has 0 aliphatic carbocycles. The third kappa shape index (κ3) is 4.44. The molecule has 2 N–H and O–H groups in total. The summed E-state index contributed by atoms with van der Waals surface area (Å²) in [4.78, 5) is 0. The molecule has 1 nitrogen and oxygen atoms in total. The van der Waals surface area contributed by atoms with Crippen LogP contribution in [-0.4, -0.2) is 0 Å². The zero-order valence-electron chi connectivity index (χ0n) is 9.84. The van der Waals surface area contributed by atoms with Crippen molar-refractivity contribution >= 4 is 27.5 Å². The van der Waals surface area contributed by atoms with Crippen LogP contribution in [0.4, 0.5) is 0 Å². The van der Waals surface area contributed by atoms with Crippen molar-refractivity contribution in [3.05, 3.63) is 33.3 Å². The standard InChI is InChI=1S/C13H19BrClN/c1-9(2)4-3-5-13(16)11-7-6-10(14)8-12(11)15/h6-9,13H,3-5,16H2,1-2H3. The van der Waals surface area contributed by atoms with Crippen LogP contribution in [0, 0.1) is 5.92 Å². The van der Waals surface area contributed by atoms with Gasteiger partial charge < -0.3 is 5.73 Å². The first-order chi connectivity index (χ1) is 7.50. The molecule has 0 saturated carbocycles. The Hall–Kier alpha value is -0.0500. The average Bonchev–Trinajstić information content (AvgIpc) is 2.16. The minimum absolute atomic E-state index is 0.0550. The van der Waals surface area contributed by atoms with Gasteiger partial charge in [0.25, 0.3) is 0 Å². The molecule has 16 heavy (non-hydrogen) atoms. The first-order valence-electron chi connectivity index (χ1n) is 5.71. The number of benzene rings is 1. The number of halogens is 2. The zero-order valence-corrected chi connectivity index (χ0v) is 12.2. The van der Waals surface area contributed by atoms with E-state index in [4.69, 9.17) is 17.3 Å². The molecule has 90 valence electrons. The lowest BCUT2D eigenvalue weighted by molar-refractivity contribution is 0.505. The molecule has 0 bridgehead atoms. The predicted octanol–water partition coefficient (Wildman–Crippen LogP) is 4.93. The van der Waals surface area contributed by atoms with E-state index in [0.29, 0.717) is 0 Å². The maximum atomic E-state index is 6.16. The van der Waals surface area contributed by atoms with Crippen LogP contribution in [0.15, 0.2) is 22.7 Å². The lowest BCUT2D eigenvalue weighted by atomic mass is 9.99. The molecule has 0 spiro atoms. The van der Waals surface area contributed by atoms with E-state index in [0.717, 1.165) is 33.8 Å². The number of hydrogen-bond donors (Lipinski definition) is 1. The number of rotatable bonds is 5. The molecule has 0 aliphatic rings. The smallest absolute Gasteiger partial charge is 0.0464 e. The van der Waals surface area contributed by atoms with Crippen molar-refractivity contribution in [3.63, 3.8) is 0 Å². The largest absolute Gasteiger partial charge is 0.324 e. The zero-order chi connectivity index (χ0) is 12.1. The Morgan fingerprint density at radius 2 is 2.00 bits per heavy atom. The quantitative estimate of drug-likeness (QED) is 0.820. The lowest BCUT2D eigenvalue weighted by Gasteiger charge is -2.14. The second-order valence-electron chi connectivity index (χ2n) is 4.60. The summed E-state index contributed by atoms with van der Waals surface area (Å²) in [5.74, 6) is 0.743. The number of hydrogen-bond acceptors (Lipinski definition) is 1. The third-order valence-corrected chi connectivity index (χ3v) is 3.48. The van der Waals surface area contributed by atoms with Gasteiger partial charge in [-0.3, -0.25) is 0 Å². The third-order valence-electron chi connectivity index (χ3n) is 2.66. The van der Waals surface area contributed by atoms with E-state index in [-0.39, 0.29) is 6.04 Å².